The molecular weight excluding hydrogens is 583 g/mol. The summed E-state index contributed by atoms with van der Waals surface area (Å²) >= 11 is 0. The van der Waals surface area contributed by atoms with Crippen LogP contribution in [0.4, 0.5) is 4.39 Å². The summed E-state index contributed by atoms with van der Waals surface area (Å²) in [5.74, 6) is -1.58. The lowest BCUT2D eigenvalue weighted by molar-refractivity contribution is -0.150. The fourth-order valence-corrected chi connectivity index (χ4v) is 4.86. The van der Waals surface area contributed by atoms with Crippen LogP contribution in [0.15, 0.2) is 73.1 Å². The van der Waals surface area contributed by atoms with Crippen molar-refractivity contribution < 1.29 is 47.2 Å². The van der Waals surface area contributed by atoms with Gasteiger partial charge in [0.1, 0.15) is 30.5 Å². The van der Waals surface area contributed by atoms with E-state index in [0.29, 0.717) is 43.1 Å². The van der Waals surface area contributed by atoms with Gasteiger partial charge in [0, 0.05) is 13.0 Å². The number of unbranched alkanes of at least 4 members (excludes halogenated alkanes) is 1. The Hall–Kier alpha value is -4.70. The van der Waals surface area contributed by atoms with Gasteiger partial charge in [-0.2, -0.15) is 4.39 Å². The molecule has 0 spiro atoms. The zero-order valence-electron chi connectivity index (χ0n) is 25.6. The SMILES string of the molecule is C=C(F)C(=O)OCCCCOc1ccc2c(c1)C(C)c1cc(OC(=O)c3ccc(OCCOC(=O)C(C)COC)cc3)ccc1-2. The van der Waals surface area contributed by atoms with Gasteiger partial charge in [0.2, 0.25) is 5.83 Å². The fourth-order valence-electron chi connectivity index (χ4n) is 4.86. The molecule has 10 heteroatoms. The van der Waals surface area contributed by atoms with Crippen LogP contribution >= 0.6 is 0 Å². The number of methoxy groups -OCH3 is 1. The average Bonchev–Trinajstić information content (AvgIpc) is 3.31. The van der Waals surface area contributed by atoms with E-state index >= 15 is 0 Å². The quantitative estimate of drug-likeness (QED) is 0.0775. The number of hydrogen-bond acceptors (Lipinski definition) is 9. The van der Waals surface area contributed by atoms with Gasteiger partial charge >= 0.3 is 17.9 Å². The molecule has 0 saturated heterocycles. The van der Waals surface area contributed by atoms with E-state index in [4.69, 9.17) is 28.4 Å². The fraction of sp³-hybridized carbons (Fsp3) is 0.343. The molecule has 1 aliphatic carbocycles. The number of esters is 3. The largest absolute Gasteiger partial charge is 0.494 e. The van der Waals surface area contributed by atoms with Crippen molar-refractivity contribution in [3.63, 3.8) is 0 Å². The number of hydrogen-bond donors (Lipinski definition) is 0. The molecule has 1 aliphatic rings. The molecule has 2 atom stereocenters. The number of benzene rings is 3. The maximum atomic E-state index is 12.9. The Balaban J connectivity index is 1.26. The molecule has 0 bridgehead atoms. The highest BCUT2D eigenvalue weighted by Crippen LogP contribution is 2.47. The predicted octanol–water partition coefficient (Wildman–Crippen LogP) is 6.43. The number of rotatable bonds is 16. The van der Waals surface area contributed by atoms with E-state index < -0.39 is 17.8 Å². The lowest BCUT2D eigenvalue weighted by atomic mass is 9.99. The topological polar surface area (TPSA) is 107 Å². The summed E-state index contributed by atoms with van der Waals surface area (Å²) in [6, 6.07) is 18.1. The molecule has 0 aromatic heterocycles. The molecule has 9 nitrogen and oxygen atoms in total. The van der Waals surface area contributed by atoms with Crippen LogP contribution in [0, 0.1) is 5.92 Å². The van der Waals surface area contributed by atoms with Crippen LogP contribution in [0.3, 0.4) is 0 Å². The minimum absolute atomic E-state index is 0.0595. The molecule has 0 fully saturated rings. The zero-order valence-corrected chi connectivity index (χ0v) is 25.6. The highest BCUT2D eigenvalue weighted by atomic mass is 19.1. The van der Waals surface area contributed by atoms with E-state index in [1.807, 2.05) is 30.3 Å². The van der Waals surface area contributed by atoms with Crippen molar-refractivity contribution in [3.05, 3.63) is 89.8 Å². The normalized spacial score (nSPS) is 13.6. The number of ether oxygens (including phenoxy) is 6. The third kappa shape index (κ3) is 8.92. The third-order valence-electron chi connectivity index (χ3n) is 7.25. The molecule has 238 valence electrons. The van der Waals surface area contributed by atoms with Crippen molar-refractivity contribution >= 4 is 17.9 Å². The maximum Gasteiger partial charge on any atom is 0.366 e. The van der Waals surface area contributed by atoms with Gasteiger partial charge in [0.25, 0.3) is 0 Å². The molecule has 3 aromatic carbocycles. The van der Waals surface area contributed by atoms with E-state index in [-0.39, 0.29) is 37.6 Å². The molecule has 0 saturated carbocycles. The molecule has 0 radical (unpaired) electrons. The van der Waals surface area contributed by atoms with E-state index in [1.165, 1.54) is 7.11 Å². The highest BCUT2D eigenvalue weighted by molar-refractivity contribution is 5.91. The van der Waals surface area contributed by atoms with Gasteiger partial charge in [-0.1, -0.05) is 25.6 Å². The number of fused-ring (bicyclic) bond motifs is 3. The summed E-state index contributed by atoms with van der Waals surface area (Å²) in [7, 11) is 1.53. The second-order valence-corrected chi connectivity index (χ2v) is 10.6. The summed E-state index contributed by atoms with van der Waals surface area (Å²) in [6.45, 7) is 7.82. The molecule has 45 heavy (non-hydrogen) atoms. The summed E-state index contributed by atoms with van der Waals surface area (Å²) in [5, 5.41) is 0. The van der Waals surface area contributed by atoms with E-state index in [9.17, 15) is 18.8 Å². The van der Waals surface area contributed by atoms with Crippen LogP contribution in [0.1, 0.15) is 54.1 Å². The zero-order chi connectivity index (χ0) is 32.3. The van der Waals surface area contributed by atoms with Gasteiger partial charge in [-0.25, -0.2) is 9.59 Å². The molecule has 0 amide bonds. The second-order valence-electron chi connectivity index (χ2n) is 10.6. The second kappa shape index (κ2) is 15.9. The first-order valence-corrected chi connectivity index (χ1v) is 14.7. The third-order valence-corrected chi connectivity index (χ3v) is 7.25. The Morgan fingerprint density at radius 3 is 2.07 bits per heavy atom. The van der Waals surface area contributed by atoms with Crippen molar-refractivity contribution in [2.75, 3.05) is 40.1 Å². The first kappa shape index (κ1) is 33.2. The minimum Gasteiger partial charge on any atom is -0.494 e. The van der Waals surface area contributed by atoms with Crippen LogP contribution < -0.4 is 14.2 Å². The Bertz CT molecular complexity index is 1520. The summed E-state index contributed by atoms with van der Waals surface area (Å²) < 4.78 is 44.7. The van der Waals surface area contributed by atoms with Gasteiger partial charge < -0.3 is 28.4 Å². The average molecular weight is 621 g/mol. The van der Waals surface area contributed by atoms with Gasteiger partial charge in [-0.15, -0.1) is 0 Å². The Morgan fingerprint density at radius 1 is 0.800 bits per heavy atom. The Morgan fingerprint density at radius 2 is 1.40 bits per heavy atom. The molecule has 0 heterocycles. The van der Waals surface area contributed by atoms with Gasteiger partial charge in [0.15, 0.2) is 0 Å². The molecule has 2 unspecified atom stereocenters. The lowest BCUT2D eigenvalue weighted by Crippen LogP contribution is -2.21. The molecule has 0 N–H and O–H groups in total. The van der Waals surface area contributed by atoms with Crippen LogP contribution in [-0.4, -0.2) is 58.1 Å². The van der Waals surface area contributed by atoms with Crippen LogP contribution in [-0.2, 0) is 23.8 Å². The van der Waals surface area contributed by atoms with Crippen molar-refractivity contribution in [1.29, 1.82) is 0 Å². The van der Waals surface area contributed by atoms with E-state index in [1.54, 1.807) is 37.3 Å². The van der Waals surface area contributed by atoms with Crippen molar-refractivity contribution in [3.8, 4) is 28.4 Å². The Kier molecular flexibility index (Phi) is 11.7. The van der Waals surface area contributed by atoms with Crippen LogP contribution in [0.2, 0.25) is 0 Å². The summed E-state index contributed by atoms with van der Waals surface area (Å²) in [4.78, 5) is 35.8. The molecular formula is C35H37FO9. The van der Waals surface area contributed by atoms with Gasteiger partial charge in [-0.3, -0.25) is 4.79 Å². The smallest absolute Gasteiger partial charge is 0.366 e. The van der Waals surface area contributed by atoms with Crippen molar-refractivity contribution in [2.45, 2.75) is 32.6 Å². The van der Waals surface area contributed by atoms with Crippen LogP contribution in [0.25, 0.3) is 11.1 Å². The molecule has 4 rings (SSSR count). The highest BCUT2D eigenvalue weighted by Gasteiger charge is 2.27. The molecule has 0 aliphatic heterocycles. The molecule has 3 aromatic rings. The standard InChI is InChI=1S/C35H37FO9/c1-22(21-40-4)33(37)44-18-17-42-26-9-7-25(8-10-26)35(39)45-28-12-14-30-29-13-11-27(19-31(29)23(2)32(30)20-28)41-15-5-6-16-43-34(38)24(3)36/h7-14,19-20,22-23H,3,5-6,15-18,21H2,1-2,4H3. The van der Waals surface area contributed by atoms with Crippen molar-refractivity contribution in [2.24, 2.45) is 5.92 Å². The van der Waals surface area contributed by atoms with Gasteiger partial charge in [0.05, 0.1) is 31.3 Å². The first-order chi connectivity index (χ1) is 21.7. The monoisotopic (exact) mass is 620 g/mol. The van der Waals surface area contributed by atoms with Gasteiger partial charge in [-0.05, 0) is 90.6 Å². The van der Waals surface area contributed by atoms with Crippen molar-refractivity contribution in [1.82, 2.24) is 0 Å². The van der Waals surface area contributed by atoms with Crippen LogP contribution in [0.5, 0.6) is 17.2 Å². The lowest BCUT2D eigenvalue weighted by Gasteiger charge is -2.12. The number of carbonyl (C=O) groups is 3. The number of carbonyl (C=O) groups excluding carboxylic acids is 3. The predicted molar refractivity (Wildman–Crippen MR) is 164 cm³/mol. The maximum absolute atomic E-state index is 12.9. The Labute approximate surface area is 261 Å². The number of halogens is 1. The van der Waals surface area contributed by atoms with E-state index in [2.05, 4.69) is 13.5 Å². The first-order valence-electron chi connectivity index (χ1n) is 14.7. The minimum atomic E-state index is -1.11. The summed E-state index contributed by atoms with van der Waals surface area (Å²) in [6.07, 6.45) is 1.18. The summed E-state index contributed by atoms with van der Waals surface area (Å²) in [5.41, 5.74) is 4.68. The van der Waals surface area contributed by atoms with E-state index in [0.717, 1.165) is 28.0 Å².